The summed E-state index contributed by atoms with van der Waals surface area (Å²) in [5.74, 6) is 0.608. The summed E-state index contributed by atoms with van der Waals surface area (Å²) in [4.78, 5) is 25.9. The summed E-state index contributed by atoms with van der Waals surface area (Å²) in [5, 5.41) is 3.81. The Morgan fingerprint density at radius 1 is 1.18 bits per heavy atom. The van der Waals surface area contributed by atoms with E-state index in [0.717, 1.165) is 16.5 Å². The molecule has 146 valence electrons. The van der Waals surface area contributed by atoms with Gasteiger partial charge >= 0.3 is 0 Å². The molecule has 0 saturated carbocycles. The molecule has 0 atom stereocenters. The molecule has 0 fully saturated rings. The van der Waals surface area contributed by atoms with Gasteiger partial charge in [0.2, 0.25) is 11.8 Å². The zero-order chi connectivity index (χ0) is 20.1. The fourth-order valence-corrected chi connectivity index (χ4v) is 3.12. The van der Waals surface area contributed by atoms with Gasteiger partial charge in [-0.15, -0.1) is 0 Å². The number of carbonyl (C=O) groups excluding carboxylic acids is 2. The number of carbonyl (C=O) groups is 2. The average Bonchev–Trinajstić information content (AvgIpc) is 3.07. The maximum absolute atomic E-state index is 12.5. The molecular weight excluding hydrogens is 356 g/mol. The number of methoxy groups -OCH3 is 1. The van der Waals surface area contributed by atoms with E-state index in [1.807, 2.05) is 43.3 Å². The number of amides is 2. The number of hydrogen-bond donors (Lipinski definition) is 1. The Labute approximate surface area is 164 Å². The number of anilines is 1. The van der Waals surface area contributed by atoms with Crippen LogP contribution in [0.2, 0.25) is 0 Å². The monoisotopic (exact) mass is 380 g/mol. The van der Waals surface area contributed by atoms with Crippen molar-refractivity contribution in [2.75, 3.05) is 19.0 Å². The zero-order valence-electron chi connectivity index (χ0n) is 16.3. The minimum atomic E-state index is -0.130. The second kappa shape index (κ2) is 8.61. The molecule has 0 unspecified atom stereocenters. The lowest BCUT2D eigenvalue weighted by Gasteiger charge is -2.19. The van der Waals surface area contributed by atoms with Crippen molar-refractivity contribution < 1.29 is 18.7 Å². The molecule has 0 saturated heterocycles. The second-order valence-corrected chi connectivity index (χ2v) is 6.58. The van der Waals surface area contributed by atoms with Crippen molar-refractivity contribution in [3.05, 3.63) is 59.9 Å². The van der Waals surface area contributed by atoms with Crippen molar-refractivity contribution >= 4 is 28.5 Å². The third kappa shape index (κ3) is 4.52. The molecule has 0 bridgehead atoms. The minimum absolute atomic E-state index is 0.0282. The van der Waals surface area contributed by atoms with E-state index in [2.05, 4.69) is 5.32 Å². The van der Waals surface area contributed by atoms with E-state index in [1.165, 1.54) is 0 Å². The quantitative estimate of drug-likeness (QED) is 0.673. The molecule has 6 nitrogen and oxygen atoms in total. The summed E-state index contributed by atoms with van der Waals surface area (Å²) in [6.07, 6.45) is 1.81. The molecule has 1 heterocycles. The Morgan fingerprint density at radius 3 is 2.71 bits per heavy atom. The number of ether oxygens (including phenoxy) is 1. The molecule has 3 rings (SSSR count). The number of benzene rings is 2. The summed E-state index contributed by atoms with van der Waals surface area (Å²) in [6, 6.07) is 13.1. The number of hydrogen-bond acceptors (Lipinski definition) is 4. The average molecular weight is 380 g/mol. The fraction of sp³-hybridized carbons (Fsp3) is 0.273. The maximum Gasteiger partial charge on any atom is 0.228 e. The van der Waals surface area contributed by atoms with Crippen LogP contribution in [-0.2, 0) is 22.6 Å². The lowest BCUT2D eigenvalue weighted by molar-refractivity contribution is -0.129. The minimum Gasteiger partial charge on any atom is -0.497 e. The molecule has 0 aliphatic rings. The van der Waals surface area contributed by atoms with Gasteiger partial charge in [-0.05, 0) is 36.8 Å². The molecule has 2 amide bonds. The lowest BCUT2D eigenvalue weighted by Crippen LogP contribution is -2.27. The van der Waals surface area contributed by atoms with Crippen LogP contribution in [0.25, 0.3) is 11.0 Å². The Bertz CT molecular complexity index is 993. The maximum atomic E-state index is 12.5. The Hall–Kier alpha value is -3.28. The van der Waals surface area contributed by atoms with Gasteiger partial charge in [0, 0.05) is 42.7 Å². The predicted octanol–water partition coefficient (Wildman–Crippen LogP) is 3.99. The lowest BCUT2D eigenvalue weighted by atomic mass is 10.1. The molecule has 2 aromatic carbocycles. The SMILES string of the molecule is CCN(Cc1cccc(NC(=O)Cc2coc3cc(OC)ccc23)c1)C(C)=O. The molecular formula is C22H24N2O4. The van der Waals surface area contributed by atoms with Crippen LogP contribution in [0.1, 0.15) is 25.0 Å². The van der Waals surface area contributed by atoms with Gasteiger partial charge in [0.25, 0.3) is 0 Å². The first kappa shape index (κ1) is 19.5. The second-order valence-electron chi connectivity index (χ2n) is 6.58. The zero-order valence-corrected chi connectivity index (χ0v) is 16.3. The third-order valence-corrected chi connectivity index (χ3v) is 4.63. The van der Waals surface area contributed by atoms with Crippen molar-refractivity contribution in [2.24, 2.45) is 0 Å². The first-order chi connectivity index (χ1) is 13.5. The Morgan fingerprint density at radius 2 is 2.00 bits per heavy atom. The van der Waals surface area contributed by atoms with Gasteiger partial charge in [-0.2, -0.15) is 0 Å². The van der Waals surface area contributed by atoms with E-state index in [0.29, 0.717) is 30.1 Å². The van der Waals surface area contributed by atoms with Gasteiger partial charge in [-0.3, -0.25) is 9.59 Å². The van der Waals surface area contributed by atoms with Crippen molar-refractivity contribution in [3.8, 4) is 5.75 Å². The molecule has 1 aromatic heterocycles. The molecule has 0 spiro atoms. The topological polar surface area (TPSA) is 71.8 Å². The largest absolute Gasteiger partial charge is 0.497 e. The predicted molar refractivity (Wildman–Crippen MR) is 108 cm³/mol. The molecule has 1 N–H and O–H groups in total. The molecule has 0 radical (unpaired) electrons. The van der Waals surface area contributed by atoms with Crippen LogP contribution >= 0.6 is 0 Å². The van der Waals surface area contributed by atoms with E-state index in [4.69, 9.17) is 9.15 Å². The highest BCUT2D eigenvalue weighted by atomic mass is 16.5. The van der Waals surface area contributed by atoms with E-state index >= 15 is 0 Å². The normalized spacial score (nSPS) is 10.7. The van der Waals surface area contributed by atoms with Crippen molar-refractivity contribution in [2.45, 2.75) is 26.8 Å². The molecule has 0 aliphatic heterocycles. The highest BCUT2D eigenvalue weighted by Crippen LogP contribution is 2.26. The van der Waals surface area contributed by atoms with Crippen LogP contribution in [0.15, 0.2) is 53.1 Å². The van der Waals surface area contributed by atoms with Crippen molar-refractivity contribution in [1.29, 1.82) is 0 Å². The summed E-state index contributed by atoms with van der Waals surface area (Å²) < 4.78 is 10.7. The van der Waals surface area contributed by atoms with Crippen LogP contribution in [0.4, 0.5) is 5.69 Å². The first-order valence-electron chi connectivity index (χ1n) is 9.18. The van der Waals surface area contributed by atoms with Crippen LogP contribution < -0.4 is 10.1 Å². The van der Waals surface area contributed by atoms with Gasteiger partial charge in [-0.1, -0.05) is 12.1 Å². The van der Waals surface area contributed by atoms with Gasteiger partial charge in [0.05, 0.1) is 19.8 Å². The molecule has 3 aromatic rings. The smallest absolute Gasteiger partial charge is 0.228 e. The summed E-state index contributed by atoms with van der Waals surface area (Å²) in [5.41, 5.74) is 3.18. The van der Waals surface area contributed by atoms with E-state index in [1.54, 1.807) is 31.3 Å². The number of nitrogens with zero attached hydrogens (tertiary/aromatic N) is 1. The number of fused-ring (bicyclic) bond motifs is 1. The van der Waals surface area contributed by atoms with Crippen LogP contribution in [-0.4, -0.2) is 30.4 Å². The van der Waals surface area contributed by atoms with Crippen LogP contribution in [0.3, 0.4) is 0 Å². The number of furan rings is 1. The van der Waals surface area contributed by atoms with Crippen molar-refractivity contribution in [3.63, 3.8) is 0 Å². The Balaban J connectivity index is 1.68. The first-order valence-corrected chi connectivity index (χ1v) is 9.18. The van der Waals surface area contributed by atoms with Crippen LogP contribution in [0, 0.1) is 0 Å². The molecule has 0 aliphatic carbocycles. The van der Waals surface area contributed by atoms with Gasteiger partial charge in [0.1, 0.15) is 11.3 Å². The summed E-state index contributed by atoms with van der Waals surface area (Å²) in [7, 11) is 1.60. The number of nitrogens with one attached hydrogen (secondary N) is 1. The van der Waals surface area contributed by atoms with Crippen LogP contribution in [0.5, 0.6) is 5.75 Å². The van der Waals surface area contributed by atoms with Crippen molar-refractivity contribution in [1.82, 2.24) is 4.90 Å². The van der Waals surface area contributed by atoms with E-state index in [9.17, 15) is 9.59 Å². The van der Waals surface area contributed by atoms with Gasteiger partial charge < -0.3 is 19.4 Å². The molecule has 6 heteroatoms. The highest BCUT2D eigenvalue weighted by Gasteiger charge is 2.12. The van der Waals surface area contributed by atoms with E-state index < -0.39 is 0 Å². The number of rotatable bonds is 7. The van der Waals surface area contributed by atoms with Gasteiger partial charge in [-0.25, -0.2) is 0 Å². The third-order valence-electron chi connectivity index (χ3n) is 4.63. The Kier molecular flexibility index (Phi) is 5.99. The summed E-state index contributed by atoms with van der Waals surface area (Å²) >= 11 is 0. The fourth-order valence-electron chi connectivity index (χ4n) is 3.12. The highest BCUT2D eigenvalue weighted by molar-refractivity contribution is 5.95. The summed E-state index contributed by atoms with van der Waals surface area (Å²) in [6.45, 7) is 4.66. The molecule has 28 heavy (non-hydrogen) atoms. The van der Waals surface area contributed by atoms with Gasteiger partial charge in [0.15, 0.2) is 0 Å². The standard InChI is InChI=1S/C22H24N2O4/c1-4-24(15(2)25)13-16-6-5-7-18(10-16)23-22(26)11-17-14-28-21-12-19(27-3)8-9-20(17)21/h5-10,12,14H,4,11,13H2,1-3H3,(H,23,26). The van der Waals surface area contributed by atoms with E-state index in [-0.39, 0.29) is 18.2 Å².